The highest BCUT2D eigenvalue weighted by Crippen LogP contribution is 2.67. The van der Waals surface area contributed by atoms with E-state index in [4.69, 9.17) is 18.1 Å². The smallest absolute Gasteiger partial charge is 0.305 e. The van der Waals surface area contributed by atoms with Crippen molar-refractivity contribution in [2.75, 3.05) is 5.90 Å². The summed E-state index contributed by atoms with van der Waals surface area (Å²) in [6, 6.07) is 0. The second-order valence-electron chi connectivity index (χ2n) is 10.8. The summed E-state index contributed by atoms with van der Waals surface area (Å²) in [4.78, 5) is 0. The maximum absolute atomic E-state index is 14.3. The average molecular weight is 505 g/mol. The first-order valence-corrected chi connectivity index (χ1v) is 17.4. The standard InChI is InChI=1S/C25H46O6P2/c26-32(28-22-13-5-1-6-14-22,29-23-15-7-2-8-16-23)21-33(27,30-24-17-9-3-10-18-24)31-25-19-11-4-12-20-25/h22-25H,1-21H2. The average Bonchev–Trinajstić information content (AvgIpc) is 2.81. The largest absolute Gasteiger partial charge is 0.343 e. The van der Waals surface area contributed by atoms with Crippen LogP contribution < -0.4 is 0 Å². The van der Waals surface area contributed by atoms with Gasteiger partial charge in [0.25, 0.3) is 0 Å². The van der Waals surface area contributed by atoms with Crippen LogP contribution in [0.5, 0.6) is 0 Å². The van der Waals surface area contributed by atoms with Gasteiger partial charge in [-0.25, -0.2) is 0 Å². The molecule has 0 heterocycles. The van der Waals surface area contributed by atoms with Gasteiger partial charge in [0, 0.05) is 0 Å². The molecule has 4 aliphatic carbocycles. The Labute approximate surface area is 201 Å². The molecule has 4 saturated carbocycles. The molecule has 6 nitrogen and oxygen atoms in total. The van der Waals surface area contributed by atoms with E-state index in [0.29, 0.717) is 0 Å². The lowest BCUT2D eigenvalue weighted by Gasteiger charge is -2.35. The van der Waals surface area contributed by atoms with Crippen LogP contribution in [0.1, 0.15) is 128 Å². The lowest BCUT2D eigenvalue weighted by Crippen LogP contribution is -2.24. The Morgan fingerprint density at radius 2 is 0.606 bits per heavy atom. The normalized spacial score (nSPS) is 25.9. The molecule has 0 aromatic carbocycles. The molecule has 4 fully saturated rings. The summed E-state index contributed by atoms with van der Waals surface area (Å²) in [6.07, 6.45) is 20.3. The van der Waals surface area contributed by atoms with E-state index in [-0.39, 0.29) is 30.3 Å². The highest BCUT2D eigenvalue weighted by atomic mass is 31.2. The van der Waals surface area contributed by atoms with E-state index >= 15 is 0 Å². The zero-order valence-electron chi connectivity index (χ0n) is 20.5. The molecule has 0 saturated heterocycles. The Bertz CT molecular complexity index is 558. The van der Waals surface area contributed by atoms with Crippen LogP contribution in [-0.4, -0.2) is 30.3 Å². The molecule has 0 spiro atoms. The Balaban J connectivity index is 1.51. The van der Waals surface area contributed by atoms with Gasteiger partial charge in [0.05, 0.1) is 24.4 Å². The molecule has 0 aromatic heterocycles. The Morgan fingerprint density at radius 3 is 0.818 bits per heavy atom. The third kappa shape index (κ3) is 8.72. The molecule has 192 valence electrons. The third-order valence-electron chi connectivity index (χ3n) is 7.79. The van der Waals surface area contributed by atoms with E-state index in [1.54, 1.807) is 0 Å². The van der Waals surface area contributed by atoms with Crippen molar-refractivity contribution in [2.45, 2.75) is 153 Å². The second-order valence-corrected chi connectivity index (χ2v) is 15.2. The maximum Gasteiger partial charge on any atom is 0.343 e. The van der Waals surface area contributed by atoms with Crippen molar-refractivity contribution >= 4 is 15.2 Å². The van der Waals surface area contributed by atoms with Crippen LogP contribution in [0.25, 0.3) is 0 Å². The van der Waals surface area contributed by atoms with Gasteiger partial charge >= 0.3 is 15.2 Å². The minimum absolute atomic E-state index is 0.0778. The second kappa shape index (κ2) is 13.0. The molecule has 0 unspecified atom stereocenters. The lowest BCUT2D eigenvalue weighted by atomic mass is 9.98. The Kier molecular flexibility index (Phi) is 10.4. The first-order valence-electron chi connectivity index (χ1n) is 13.9. The minimum Gasteiger partial charge on any atom is -0.305 e. The van der Waals surface area contributed by atoms with E-state index in [0.717, 1.165) is 103 Å². The fourth-order valence-corrected chi connectivity index (χ4v) is 11.5. The highest BCUT2D eigenvalue weighted by Gasteiger charge is 2.45. The number of hydrogen-bond donors (Lipinski definition) is 0. The van der Waals surface area contributed by atoms with Gasteiger partial charge in [0.1, 0.15) is 0 Å². The number of rotatable bonds is 10. The fourth-order valence-electron chi connectivity index (χ4n) is 5.99. The molecule has 0 aliphatic heterocycles. The van der Waals surface area contributed by atoms with Crippen LogP contribution in [0.4, 0.5) is 0 Å². The van der Waals surface area contributed by atoms with Crippen molar-refractivity contribution in [3.63, 3.8) is 0 Å². The van der Waals surface area contributed by atoms with E-state index < -0.39 is 15.2 Å². The van der Waals surface area contributed by atoms with Crippen LogP contribution in [0.3, 0.4) is 0 Å². The van der Waals surface area contributed by atoms with E-state index in [2.05, 4.69) is 0 Å². The van der Waals surface area contributed by atoms with Crippen molar-refractivity contribution in [2.24, 2.45) is 0 Å². The SMILES string of the molecule is O=P(CP(=O)(OC1CCCCC1)OC1CCCCC1)(OC1CCCCC1)OC1CCCCC1. The Hall–Kier alpha value is 0.300. The van der Waals surface area contributed by atoms with Gasteiger partial charge < -0.3 is 18.1 Å². The van der Waals surface area contributed by atoms with Crippen molar-refractivity contribution in [1.82, 2.24) is 0 Å². The lowest BCUT2D eigenvalue weighted by molar-refractivity contribution is 0.0700. The summed E-state index contributed by atoms with van der Waals surface area (Å²) >= 11 is 0. The summed E-state index contributed by atoms with van der Waals surface area (Å²) < 4.78 is 53.6. The molecule has 4 rings (SSSR count). The van der Waals surface area contributed by atoms with Gasteiger partial charge in [-0.3, -0.25) is 9.13 Å². The number of hydrogen-bond acceptors (Lipinski definition) is 6. The van der Waals surface area contributed by atoms with Gasteiger partial charge in [0.15, 0.2) is 5.90 Å². The van der Waals surface area contributed by atoms with Crippen LogP contribution >= 0.6 is 15.2 Å². The molecule has 4 aliphatic rings. The van der Waals surface area contributed by atoms with Crippen molar-refractivity contribution in [1.29, 1.82) is 0 Å². The molecule has 0 aromatic rings. The van der Waals surface area contributed by atoms with Crippen molar-refractivity contribution in [3.8, 4) is 0 Å². The molecule has 0 bridgehead atoms. The quantitative estimate of drug-likeness (QED) is 0.277. The molecule has 8 heteroatoms. The van der Waals surface area contributed by atoms with E-state index in [9.17, 15) is 9.13 Å². The summed E-state index contributed by atoms with van der Waals surface area (Å²) in [5.41, 5.74) is 0. The summed E-state index contributed by atoms with van der Waals surface area (Å²) in [5.74, 6) is -0.222. The van der Waals surface area contributed by atoms with Crippen molar-refractivity contribution in [3.05, 3.63) is 0 Å². The van der Waals surface area contributed by atoms with Crippen molar-refractivity contribution < 1.29 is 27.2 Å². The van der Waals surface area contributed by atoms with Gasteiger partial charge in [-0.05, 0) is 51.4 Å². The predicted molar refractivity (Wildman–Crippen MR) is 132 cm³/mol. The minimum atomic E-state index is -3.63. The van der Waals surface area contributed by atoms with Crippen LogP contribution in [0.15, 0.2) is 0 Å². The Morgan fingerprint density at radius 1 is 0.394 bits per heavy atom. The van der Waals surface area contributed by atoms with Crippen LogP contribution in [0.2, 0.25) is 0 Å². The molecule has 33 heavy (non-hydrogen) atoms. The molecule has 0 amide bonds. The van der Waals surface area contributed by atoms with Gasteiger partial charge in [-0.2, -0.15) is 0 Å². The van der Waals surface area contributed by atoms with E-state index in [1.165, 1.54) is 25.7 Å². The summed E-state index contributed by atoms with van der Waals surface area (Å²) in [5, 5.41) is 0. The van der Waals surface area contributed by atoms with Crippen LogP contribution in [-0.2, 0) is 27.2 Å². The zero-order valence-corrected chi connectivity index (χ0v) is 22.3. The summed E-state index contributed by atoms with van der Waals surface area (Å²) in [6.45, 7) is 0. The molecular formula is C25H46O6P2. The van der Waals surface area contributed by atoms with E-state index in [1.807, 2.05) is 0 Å². The highest BCUT2D eigenvalue weighted by molar-refractivity contribution is 7.71. The first kappa shape index (κ1) is 26.4. The van der Waals surface area contributed by atoms with Gasteiger partial charge in [-0.1, -0.05) is 77.0 Å². The first-order chi connectivity index (χ1) is 16.0. The van der Waals surface area contributed by atoms with Gasteiger partial charge in [0.2, 0.25) is 0 Å². The molecular weight excluding hydrogens is 458 g/mol. The zero-order chi connectivity index (χ0) is 23.0. The molecule has 0 N–H and O–H groups in total. The van der Waals surface area contributed by atoms with Gasteiger partial charge in [-0.15, -0.1) is 0 Å². The summed E-state index contributed by atoms with van der Waals surface area (Å²) in [7, 11) is -7.25. The monoisotopic (exact) mass is 504 g/mol. The molecule has 0 radical (unpaired) electrons. The predicted octanol–water partition coefficient (Wildman–Crippen LogP) is 8.73. The van der Waals surface area contributed by atoms with Crippen LogP contribution in [0, 0.1) is 0 Å². The molecule has 0 atom stereocenters. The topological polar surface area (TPSA) is 71.1 Å². The maximum atomic E-state index is 14.3. The fraction of sp³-hybridized carbons (Fsp3) is 1.00. The third-order valence-corrected chi connectivity index (χ3v) is 13.0.